The van der Waals surface area contributed by atoms with Gasteiger partial charge in [-0.2, -0.15) is 11.8 Å². The third kappa shape index (κ3) is 38.2. The highest BCUT2D eigenvalue weighted by molar-refractivity contribution is 7.98. The number of amides is 7. The number of rotatable bonds is 12. The molecule has 26 nitrogen and oxygen atoms in total. The number of hydrogen-bond donors (Lipinski definition) is 2. The van der Waals surface area contributed by atoms with Crippen molar-refractivity contribution in [2.24, 2.45) is 0 Å². The molecule has 0 aromatic rings. The standard InChI is InChI=1S/C35H67N5O9SSi.C25H46N4O8/c1-33(2,3)47-30(43)38-17-15-37(26-28(41)36-27(14-24-50-10)29(42)46-23-25-51(11,12)13)16-18-39(31(44)48-34(4,5)6)20-22-40(21-19-38)32(45)49-35(7,8)9;1-23(2,3)35-20(32)27-12-10-26(18-19(30)31)11-13-28(21(33)36-24(4,5)6)15-17-29(16-14-27)22(34)37-25(7,8)9/h27H,14-26H2,1-13H3,(H,36,41);10-18H2,1-9H3,(H,30,31). The molecule has 2 saturated heterocycles. The molecule has 2 fully saturated rings. The number of ether oxygens (including phenoxy) is 7. The number of nitrogens with one attached hydrogen (secondary N) is 1. The summed E-state index contributed by atoms with van der Waals surface area (Å²) < 4.78 is 39.3. The maximum absolute atomic E-state index is 13.5. The van der Waals surface area contributed by atoms with E-state index in [4.69, 9.17) is 33.2 Å². The summed E-state index contributed by atoms with van der Waals surface area (Å²) in [6.07, 6.45) is -0.995. The van der Waals surface area contributed by atoms with Gasteiger partial charge in [0.25, 0.3) is 0 Å². The van der Waals surface area contributed by atoms with Gasteiger partial charge in [-0.25, -0.2) is 33.6 Å². The van der Waals surface area contributed by atoms with E-state index in [1.54, 1.807) is 141 Å². The highest BCUT2D eigenvalue weighted by Gasteiger charge is 2.34. The molecule has 0 bridgehead atoms. The lowest BCUT2D eigenvalue weighted by Crippen LogP contribution is -2.53. The Kier molecular flexibility index (Phi) is 32.8. The Morgan fingerprint density at radius 1 is 0.420 bits per heavy atom. The average Bonchev–Trinajstić information content (AvgIpc) is 2.73. The number of carbonyl (C=O) groups excluding carboxylic acids is 8. The molecule has 0 saturated carbocycles. The minimum Gasteiger partial charge on any atom is -0.480 e. The van der Waals surface area contributed by atoms with Crippen LogP contribution in [0.3, 0.4) is 0 Å². The van der Waals surface area contributed by atoms with Gasteiger partial charge in [-0.1, -0.05) is 19.6 Å². The number of carboxylic acid groups (broad SMARTS) is 1. The van der Waals surface area contributed by atoms with Crippen molar-refractivity contribution in [3.8, 4) is 0 Å². The molecule has 0 aromatic heterocycles. The summed E-state index contributed by atoms with van der Waals surface area (Å²) in [5.41, 5.74) is -4.44. The van der Waals surface area contributed by atoms with E-state index in [0.29, 0.717) is 18.8 Å². The van der Waals surface area contributed by atoms with Crippen molar-refractivity contribution >= 4 is 74.2 Å². The van der Waals surface area contributed by atoms with Crippen molar-refractivity contribution in [3.63, 3.8) is 0 Å². The van der Waals surface area contributed by atoms with Gasteiger partial charge in [0.05, 0.1) is 19.7 Å². The fourth-order valence-corrected chi connectivity index (χ4v) is 9.14. The molecular weight excluding hydrogens is 1180 g/mol. The number of carbonyl (C=O) groups is 9. The number of esters is 1. The van der Waals surface area contributed by atoms with Gasteiger partial charge in [0.1, 0.15) is 39.6 Å². The summed E-state index contributed by atoms with van der Waals surface area (Å²) in [5.74, 6) is -1.19. The Labute approximate surface area is 530 Å². The van der Waals surface area contributed by atoms with Crippen LogP contribution in [0.4, 0.5) is 28.8 Å². The lowest BCUT2D eigenvalue weighted by atomic mass is 10.2. The van der Waals surface area contributed by atoms with Gasteiger partial charge >= 0.3 is 48.5 Å². The van der Waals surface area contributed by atoms with Gasteiger partial charge < -0.3 is 73.0 Å². The van der Waals surface area contributed by atoms with Crippen LogP contribution in [-0.2, 0) is 47.5 Å². The lowest BCUT2D eigenvalue weighted by molar-refractivity contribution is -0.147. The van der Waals surface area contributed by atoms with Crippen molar-refractivity contribution in [1.82, 2.24) is 44.5 Å². The predicted molar refractivity (Wildman–Crippen MR) is 341 cm³/mol. The van der Waals surface area contributed by atoms with Gasteiger partial charge in [-0.05, 0) is 149 Å². The Hall–Kier alpha value is -5.48. The van der Waals surface area contributed by atoms with Crippen LogP contribution in [0.1, 0.15) is 131 Å². The summed E-state index contributed by atoms with van der Waals surface area (Å²) in [6.45, 7) is 41.1. The average molecular weight is 1290 g/mol. The van der Waals surface area contributed by atoms with Gasteiger partial charge in [0.2, 0.25) is 5.91 Å². The van der Waals surface area contributed by atoms with E-state index in [2.05, 4.69) is 25.0 Å². The van der Waals surface area contributed by atoms with E-state index in [9.17, 15) is 48.3 Å². The SMILES string of the molecule is CC(C)(C)OC(=O)N1CCN(CC(=O)O)CCN(C(=O)OC(C)(C)C)CCN(C(=O)OC(C)(C)C)CC1.CSCCC(NC(=O)CN1CCN(C(=O)OC(C)(C)C)CCN(C(=O)OC(C)(C)C)CCN(C(=O)OC(C)(C)C)CC1)C(=O)OCC[Si](C)(C)C. The molecule has 88 heavy (non-hydrogen) atoms. The molecule has 0 aromatic carbocycles. The quantitative estimate of drug-likeness (QED) is 0.106. The van der Waals surface area contributed by atoms with Crippen LogP contribution in [-0.4, -0.2) is 283 Å². The topological polar surface area (TPSA) is 276 Å². The maximum Gasteiger partial charge on any atom is 0.410 e. The molecule has 0 aliphatic carbocycles. The van der Waals surface area contributed by atoms with Crippen molar-refractivity contribution in [2.45, 2.75) is 196 Å². The Morgan fingerprint density at radius 3 is 0.875 bits per heavy atom. The first kappa shape index (κ1) is 80.5. The smallest absolute Gasteiger partial charge is 0.410 e. The molecule has 510 valence electrons. The number of nitrogens with zero attached hydrogens (tertiary/aromatic N) is 8. The zero-order valence-electron chi connectivity index (χ0n) is 57.6. The fourth-order valence-electron chi connectivity index (χ4n) is 7.96. The Bertz CT molecular complexity index is 2160. The van der Waals surface area contributed by atoms with E-state index >= 15 is 0 Å². The van der Waals surface area contributed by atoms with Crippen LogP contribution >= 0.6 is 11.8 Å². The third-order valence-electron chi connectivity index (χ3n) is 12.3. The molecule has 2 rings (SSSR count). The summed E-state index contributed by atoms with van der Waals surface area (Å²) >= 11 is 1.58. The Balaban J connectivity index is 0.000000926. The summed E-state index contributed by atoms with van der Waals surface area (Å²) in [5, 5.41) is 12.3. The second kappa shape index (κ2) is 35.8. The molecule has 28 heteroatoms. The molecule has 2 heterocycles. The molecule has 0 spiro atoms. The van der Waals surface area contributed by atoms with Crippen LogP contribution in [0.15, 0.2) is 0 Å². The Morgan fingerprint density at radius 2 is 0.659 bits per heavy atom. The number of aliphatic carboxylic acids is 1. The number of carboxylic acids is 1. The van der Waals surface area contributed by atoms with Crippen molar-refractivity contribution in [1.29, 1.82) is 0 Å². The van der Waals surface area contributed by atoms with E-state index < -0.39 is 96.2 Å². The van der Waals surface area contributed by atoms with E-state index in [1.807, 2.05) is 11.2 Å². The number of hydrogen-bond acceptors (Lipinski definition) is 19. The molecular formula is C60H113N9O17SSi. The zero-order valence-corrected chi connectivity index (χ0v) is 59.4. The van der Waals surface area contributed by atoms with Gasteiger partial charge in [-0.3, -0.25) is 19.4 Å². The first-order valence-corrected chi connectivity index (χ1v) is 35.6. The molecule has 1 unspecified atom stereocenters. The van der Waals surface area contributed by atoms with Gasteiger partial charge in [-0.15, -0.1) is 0 Å². The minimum atomic E-state index is -1.42. The molecule has 0 radical (unpaired) electrons. The second-order valence-corrected chi connectivity index (χ2v) is 35.7. The first-order chi connectivity index (χ1) is 40.0. The van der Waals surface area contributed by atoms with Crippen LogP contribution in [0.25, 0.3) is 0 Å². The maximum atomic E-state index is 13.5. The van der Waals surface area contributed by atoms with Crippen molar-refractivity contribution in [2.75, 3.05) is 136 Å². The van der Waals surface area contributed by atoms with Gasteiger partial charge in [0.15, 0.2) is 0 Å². The highest BCUT2D eigenvalue weighted by Crippen LogP contribution is 2.19. The first-order valence-electron chi connectivity index (χ1n) is 30.5. The lowest BCUT2D eigenvalue weighted by Gasteiger charge is -2.35. The summed E-state index contributed by atoms with van der Waals surface area (Å²) in [7, 11) is -1.42. The largest absolute Gasteiger partial charge is 0.480 e. The molecule has 7 amide bonds. The molecule has 2 aliphatic heterocycles. The van der Waals surface area contributed by atoms with Crippen LogP contribution < -0.4 is 5.32 Å². The molecule has 2 aliphatic rings. The predicted octanol–water partition coefficient (Wildman–Crippen LogP) is 8.23. The van der Waals surface area contributed by atoms with Crippen molar-refractivity contribution < 1.29 is 81.4 Å². The van der Waals surface area contributed by atoms with E-state index in [-0.39, 0.29) is 124 Å². The summed E-state index contributed by atoms with van der Waals surface area (Å²) in [4.78, 5) is 129. The number of thioether (sulfide) groups is 1. The zero-order chi connectivity index (χ0) is 67.8. The second-order valence-electron chi connectivity index (χ2n) is 29.1. The van der Waals surface area contributed by atoms with Gasteiger partial charge in [0, 0.05) is 113 Å². The van der Waals surface area contributed by atoms with Crippen molar-refractivity contribution in [3.05, 3.63) is 0 Å². The van der Waals surface area contributed by atoms with Crippen LogP contribution in [0.2, 0.25) is 25.7 Å². The van der Waals surface area contributed by atoms with E-state index in [0.717, 1.165) is 6.04 Å². The molecule has 1 atom stereocenters. The van der Waals surface area contributed by atoms with Crippen LogP contribution in [0, 0.1) is 0 Å². The fraction of sp³-hybridized carbons (Fsp3) is 0.850. The highest BCUT2D eigenvalue weighted by atomic mass is 32.2. The van der Waals surface area contributed by atoms with E-state index in [1.165, 1.54) is 29.4 Å². The summed E-state index contributed by atoms with van der Waals surface area (Å²) in [6, 6.07) is 0.0301. The van der Waals surface area contributed by atoms with Crippen LogP contribution in [0.5, 0.6) is 0 Å². The normalized spacial score (nSPS) is 17.0. The third-order valence-corrected chi connectivity index (χ3v) is 14.6. The molecule has 2 N–H and O–H groups in total. The monoisotopic (exact) mass is 1290 g/mol. The minimum absolute atomic E-state index is 0.0910.